The van der Waals surface area contributed by atoms with Crippen molar-refractivity contribution >= 4 is 0 Å². The van der Waals surface area contributed by atoms with Gasteiger partial charge in [-0.05, 0) is 38.3 Å². The average Bonchev–Trinajstić information content (AvgIpc) is 2.57. The van der Waals surface area contributed by atoms with Gasteiger partial charge in [0.1, 0.15) is 11.9 Å². The molecular weight excluding hydrogens is 216 g/mol. The van der Waals surface area contributed by atoms with Crippen molar-refractivity contribution in [3.8, 4) is 0 Å². The topological polar surface area (TPSA) is 47.3 Å². The molecule has 0 fully saturated rings. The molecule has 1 aromatic heterocycles. The zero-order valence-electron chi connectivity index (χ0n) is 10.7. The second kappa shape index (κ2) is 4.92. The highest BCUT2D eigenvalue weighted by atomic mass is 16.5. The van der Waals surface area contributed by atoms with Gasteiger partial charge < -0.3 is 9.84 Å². The van der Waals surface area contributed by atoms with Gasteiger partial charge in [-0.15, -0.1) is 0 Å². The van der Waals surface area contributed by atoms with Gasteiger partial charge in [-0.3, -0.25) is 4.68 Å². The first kappa shape index (κ1) is 12.2. The molecule has 1 unspecified atom stereocenters. The number of allylic oxidation sites excluding steroid dienone is 1. The van der Waals surface area contributed by atoms with Gasteiger partial charge in [0, 0.05) is 19.2 Å². The van der Waals surface area contributed by atoms with Gasteiger partial charge in [0.05, 0.1) is 12.3 Å². The Labute approximate surface area is 102 Å². The molecule has 0 radical (unpaired) electrons. The summed E-state index contributed by atoms with van der Waals surface area (Å²) in [6.07, 6.45) is 4.07. The Bertz CT molecular complexity index is 435. The number of aromatic nitrogens is 2. The second-order valence-electron chi connectivity index (χ2n) is 4.59. The molecule has 1 aliphatic rings. The smallest absolute Gasteiger partial charge is 0.121 e. The molecule has 0 amide bonds. The maximum atomic E-state index is 10.2. The lowest BCUT2D eigenvalue weighted by Crippen LogP contribution is -2.19. The van der Waals surface area contributed by atoms with Crippen LogP contribution in [0, 0.1) is 13.8 Å². The highest BCUT2D eigenvalue weighted by Crippen LogP contribution is 2.20. The molecule has 1 atom stereocenters. The van der Waals surface area contributed by atoms with Gasteiger partial charge in [-0.1, -0.05) is 0 Å². The van der Waals surface area contributed by atoms with E-state index in [4.69, 9.17) is 4.74 Å². The Kier molecular flexibility index (Phi) is 3.52. The number of aliphatic hydroxyl groups excluding tert-OH is 1. The zero-order valence-corrected chi connectivity index (χ0v) is 10.7. The van der Waals surface area contributed by atoms with E-state index in [1.165, 1.54) is 0 Å². The van der Waals surface area contributed by atoms with Crippen molar-refractivity contribution in [2.24, 2.45) is 7.05 Å². The summed E-state index contributed by atoms with van der Waals surface area (Å²) in [7, 11) is 1.93. The zero-order chi connectivity index (χ0) is 12.4. The molecule has 1 N–H and O–H groups in total. The summed E-state index contributed by atoms with van der Waals surface area (Å²) in [6.45, 7) is 4.72. The van der Waals surface area contributed by atoms with Crippen LogP contribution in [0.5, 0.6) is 0 Å². The summed E-state index contributed by atoms with van der Waals surface area (Å²) in [6, 6.07) is 0. The van der Waals surface area contributed by atoms with Gasteiger partial charge in [0.2, 0.25) is 0 Å². The Hall–Kier alpha value is -1.29. The van der Waals surface area contributed by atoms with E-state index in [0.29, 0.717) is 13.0 Å². The lowest BCUT2D eigenvalue weighted by Gasteiger charge is -2.19. The van der Waals surface area contributed by atoms with Gasteiger partial charge in [-0.2, -0.15) is 5.10 Å². The molecule has 0 aliphatic carbocycles. The van der Waals surface area contributed by atoms with Crippen LogP contribution in [0.15, 0.2) is 11.8 Å². The molecule has 0 aromatic carbocycles. The molecule has 0 spiro atoms. The maximum Gasteiger partial charge on any atom is 0.121 e. The highest BCUT2D eigenvalue weighted by Gasteiger charge is 2.19. The van der Waals surface area contributed by atoms with E-state index < -0.39 is 6.10 Å². The molecule has 1 aromatic rings. The van der Waals surface area contributed by atoms with Gasteiger partial charge in [-0.25, -0.2) is 0 Å². The second-order valence-corrected chi connectivity index (χ2v) is 4.59. The first-order valence-corrected chi connectivity index (χ1v) is 6.09. The average molecular weight is 236 g/mol. The van der Waals surface area contributed by atoms with Crippen LogP contribution in [0.4, 0.5) is 0 Å². The van der Waals surface area contributed by atoms with Crippen LogP contribution in [0.3, 0.4) is 0 Å². The van der Waals surface area contributed by atoms with Gasteiger partial charge >= 0.3 is 0 Å². The molecule has 0 saturated carbocycles. The molecule has 0 bridgehead atoms. The van der Waals surface area contributed by atoms with Gasteiger partial charge in [0.15, 0.2) is 0 Å². The van der Waals surface area contributed by atoms with Crippen LogP contribution in [0.1, 0.15) is 29.8 Å². The lowest BCUT2D eigenvalue weighted by atomic mass is 10.0. The quantitative estimate of drug-likeness (QED) is 0.867. The summed E-state index contributed by atoms with van der Waals surface area (Å²) >= 11 is 0. The third kappa shape index (κ3) is 2.52. The minimum Gasteiger partial charge on any atom is -0.495 e. The van der Waals surface area contributed by atoms with E-state index in [1.807, 2.05) is 31.7 Å². The van der Waals surface area contributed by atoms with E-state index in [2.05, 4.69) is 5.10 Å². The number of aliphatic hydroxyl groups is 1. The number of ether oxygens (including phenoxy) is 1. The SMILES string of the molecule is Cc1nn(C)c(C)c1CC(O)C1=CCCCO1. The van der Waals surface area contributed by atoms with E-state index in [1.54, 1.807) is 0 Å². The summed E-state index contributed by atoms with van der Waals surface area (Å²) in [5.74, 6) is 0.721. The molecule has 94 valence electrons. The first-order chi connectivity index (χ1) is 8.09. The van der Waals surface area contributed by atoms with Crippen molar-refractivity contribution in [3.63, 3.8) is 0 Å². The molecule has 2 heterocycles. The monoisotopic (exact) mass is 236 g/mol. The summed E-state index contributed by atoms with van der Waals surface area (Å²) in [5, 5.41) is 14.5. The highest BCUT2D eigenvalue weighted by molar-refractivity contribution is 5.26. The summed E-state index contributed by atoms with van der Waals surface area (Å²) in [5.41, 5.74) is 3.22. The number of rotatable bonds is 3. The molecule has 0 saturated heterocycles. The number of nitrogens with zero attached hydrogens (tertiary/aromatic N) is 2. The van der Waals surface area contributed by atoms with E-state index >= 15 is 0 Å². The lowest BCUT2D eigenvalue weighted by molar-refractivity contribution is 0.0916. The molecule has 4 heteroatoms. The molecular formula is C13H20N2O2. The molecule has 1 aliphatic heterocycles. The van der Waals surface area contributed by atoms with Crippen molar-refractivity contribution < 1.29 is 9.84 Å². The Morgan fingerprint density at radius 2 is 2.29 bits per heavy atom. The van der Waals surface area contributed by atoms with Crippen LogP contribution in [0.2, 0.25) is 0 Å². The van der Waals surface area contributed by atoms with E-state index in [9.17, 15) is 5.11 Å². The standard InChI is InChI=1S/C13H20N2O2/c1-9-11(10(2)15(3)14-9)8-12(16)13-6-4-5-7-17-13/h6,12,16H,4-5,7-8H2,1-3H3. The fraction of sp³-hybridized carbons (Fsp3) is 0.615. The third-order valence-corrected chi connectivity index (χ3v) is 3.35. The van der Waals surface area contributed by atoms with Crippen LogP contribution >= 0.6 is 0 Å². The van der Waals surface area contributed by atoms with Gasteiger partial charge in [0.25, 0.3) is 0 Å². The minimum atomic E-state index is -0.545. The van der Waals surface area contributed by atoms with Crippen molar-refractivity contribution in [1.82, 2.24) is 9.78 Å². The number of aryl methyl sites for hydroxylation is 2. The Morgan fingerprint density at radius 1 is 1.53 bits per heavy atom. The normalized spacial score (nSPS) is 17.5. The van der Waals surface area contributed by atoms with Crippen LogP contribution in [-0.2, 0) is 18.2 Å². The summed E-state index contributed by atoms with van der Waals surface area (Å²) < 4.78 is 7.34. The van der Waals surface area contributed by atoms with Crippen molar-refractivity contribution in [3.05, 3.63) is 28.8 Å². The molecule has 2 rings (SSSR count). The number of hydrogen-bond acceptors (Lipinski definition) is 3. The fourth-order valence-electron chi connectivity index (χ4n) is 2.22. The minimum absolute atomic E-state index is 0.545. The third-order valence-electron chi connectivity index (χ3n) is 3.35. The van der Waals surface area contributed by atoms with Crippen LogP contribution in [0.25, 0.3) is 0 Å². The van der Waals surface area contributed by atoms with Crippen molar-refractivity contribution in [2.75, 3.05) is 6.61 Å². The predicted molar refractivity (Wildman–Crippen MR) is 65.7 cm³/mol. The first-order valence-electron chi connectivity index (χ1n) is 6.09. The predicted octanol–water partition coefficient (Wildman–Crippen LogP) is 1.63. The molecule has 17 heavy (non-hydrogen) atoms. The largest absolute Gasteiger partial charge is 0.495 e. The van der Waals surface area contributed by atoms with E-state index in [0.717, 1.165) is 35.6 Å². The Morgan fingerprint density at radius 3 is 2.82 bits per heavy atom. The fourth-order valence-corrected chi connectivity index (χ4v) is 2.22. The maximum absolute atomic E-state index is 10.2. The summed E-state index contributed by atoms with van der Waals surface area (Å²) in [4.78, 5) is 0. The Balaban J connectivity index is 2.12. The molecule has 4 nitrogen and oxygen atoms in total. The van der Waals surface area contributed by atoms with E-state index in [-0.39, 0.29) is 0 Å². The van der Waals surface area contributed by atoms with Crippen molar-refractivity contribution in [1.29, 1.82) is 0 Å². The van der Waals surface area contributed by atoms with Crippen LogP contribution in [-0.4, -0.2) is 27.6 Å². The van der Waals surface area contributed by atoms with Crippen LogP contribution < -0.4 is 0 Å². The number of hydrogen-bond donors (Lipinski definition) is 1. The van der Waals surface area contributed by atoms with Crippen molar-refractivity contribution in [2.45, 2.75) is 39.2 Å².